The second-order valence-corrected chi connectivity index (χ2v) is 6.15. The summed E-state index contributed by atoms with van der Waals surface area (Å²) in [5, 5.41) is 11.6. The maximum atomic E-state index is 11.4. The smallest absolute Gasteiger partial charge is 0.222 e. The van der Waals surface area contributed by atoms with Gasteiger partial charge >= 0.3 is 0 Å². The van der Waals surface area contributed by atoms with Gasteiger partial charge in [-0.25, -0.2) is 4.98 Å². The summed E-state index contributed by atoms with van der Waals surface area (Å²) in [6.45, 7) is 2.62. The Morgan fingerprint density at radius 3 is 3.10 bits per heavy atom. The SMILES string of the molecule is CC1CCC(C(N)=O)CN1c1nc2sccn2c1CO. The number of aliphatic hydroxyl groups excluding tert-OH is 1. The van der Waals surface area contributed by atoms with Gasteiger partial charge in [0.25, 0.3) is 0 Å². The summed E-state index contributed by atoms with van der Waals surface area (Å²) < 4.78 is 1.90. The largest absolute Gasteiger partial charge is 0.390 e. The number of thiazole rings is 1. The lowest BCUT2D eigenvalue weighted by molar-refractivity contribution is -0.122. The number of carbonyl (C=O) groups excluding carboxylic acids is 1. The van der Waals surface area contributed by atoms with Crippen LogP contribution in [0.1, 0.15) is 25.5 Å². The molecule has 108 valence electrons. The van der Waals surface area contributed by atoms with Gasteiger partial charge in [-0.15, -0.1) is 11.3 Å². The molecule has 2 aromatic heterocycles. The van der Waals surface area contributed by atoms with Gasteiger partial charge in [0.05, 0.1) is 18.2 Å². The van der Waals surface area contributed by atoms with Crippen LogP contribution in [0.3, 0.4) is 0 Å². The van der Waals surface area contributed by atoms with Gasteiger partial charge in [-0.05, 0) is 19.8 Å². The average molecular weight is 294 g/mol. The average Bonchev–Trinajstić information content (AvgIpc) is 2.98. The first-order chi connectivity index (χ1) is 9.61. The van der Waals surface area contributed by atoms with Crippen molar-refractivity contribution >= 4 is 28.0 Å². The minimum Gasteiger partial charge on any atom is -0.390 e. The third kappa shape index (κ3) is 2.06. The van der Waals surface area contributed by atoms with Crippen LogP contribution < -0.4 is 10.6 Å². The number of carbonyl (C=O) groups is 1. The van der Waals surface area contributed by atoms with E-state index in [0.717, 1.165) is 29.3 Å². The third-order valence-electron chi connectivity index (χ3n) is 4.05. The molecule has 2 unspecified atom stereocenters. The minimum absolute atomic E-state index is 0.0717. The number of nitrogens with zero attached hydrogens (tertiary/aromatic N) is 3. The molecule has 0 spiro atoms. The number of anilines is 1. The van der Waals surface area contributed by atoms with Crippen molar-refractivity contribution in [1.82, 2.24) is 9.38 Å². The lowest BCUT2D eigenvalue weighted by Crippen LogP contribution is -2.46. The Morgan fingerprint density at radius 1 is 1.60 bits per heavy atom. The fourth-order valence-corrected chi connectivity index (χ4v) is 3.56. The Kier molecular flexibility index (Phi) is 3.39. The van der Waals surface area contributed by atoms with E-state index in [1.807, 2.05) is 16.0 Å². The molecule has 2 aromatic rings. The summed E-state index contributed by atoms with van der Waals surface area (Å²) in [4.78, 5) is 19.0. The van der Waals surface area contributed by atoms with Crippen molar-refractivity contribution in [1.29, 1.82) is 0 Å². The molecule has 20 heavy (non-hydrogen) atoms. The van der Waals surface area contributed by atoms with Gasteiger partial charge in [-0.2, -0.15) is 0 Å². The van der Waals surface area contributed by atoms with E-state index in [9.17, 15) is 9.90 Å². The standard InChI is InChI=1S/C13H18N4O2S/c1-8-2-3-9(11(14)19)6-17(8)12-10(7-18)16-4-5-20-13(16)15-12/h4-5,8-9,18H,2-3,6-7H2,1H3,(H2,14,19). The summed E-state index contributed by atoms with van der Waals surface area (Å²) in [5.74, 6) is 0.378. The van der Waals surface area contributed by atoms with Crippen molar-refractivity contribution < 1.29 is 9.90 Å². The molecule has 0 radical (unpaired) electrons. The van der Waals surface area contributed by atoms with Crippen molar-refractivity contribution in [3.63, 3.8) is 0 Å². The lowest BCUT2D eigenvalue weighted by atomic mass is 9.93. The molecule has 7 heteroatoms. The highest BCUT2D eigenvalue weighted by molar-refractivity contribution is 7.15. The number of piperidine rings is 1. The molecule has 3 rings (SSSR count). The van der Waals surface area contributed by atoms with E-state index < -0.39 is 0 Å². The van der Waals surface area contributed by atoms with Crippen LogP contribution >= 0.6 is 11.3 Å². The molecule has 1 amide bonds. The molecule has 0 bridgehead atoms. The van der Waals surface area contributed by atoms with Crippen LogP contribution in [0.5, 0.6) is 0 Å². The van der Waals surface area contributed by atoms with Gasteiger partial charge in [0.15, 0.2) is 10.8 Å². The number of hydrogen-bond acceptors (Lipinski definition) is 5. The first kappa shape index (κ1) is 13.4. The van der Waals surface area contributed by atoms with Gasteiger partial charge in [0, 0.05) is 24.2 Å². The number of nitrogens with two attached hydrogens (primary N) is 1. The highest BCUT2D eigenvalue weighted by Crippen LogP contribution is 2.31. The number of fused-ring (bicyclic) bond motifs is 1. The number of amides is 1. The summed E-state index contributed by atoms with van der Waals surface area (Å²) in [6, 6.07) is 0.292. The molecule has 1 fully saturated rings. The second-order valence-electron chi connectivity index (χ2n) is 5.27. The van der Waals surface area contributed by atoms with Gasteiger partial charge in [0.2, 0.25) is 5.91 Å². The molecule has 0 aliphatic carbocycles. The topological polar surface area (TPSA) is 83.9 Å². The monoisotopic (exact) mass is 294 g/mol. The van der Waals surface area contributed by atoms with Crippen molar-refractivity contribution in [2.24, 2.45) is 11.7 Å². The highest BCUT2D eigenvalue weighted by atomic mass is 32.1. The number of aliphatic hydroxyl groups is 1. The maximum Gasteiger partial charge on any atom is 0.222 e. The third-order valence-corrected chi connectivity index (χ3v) is 4.80. The van der Waals surface area contributed by atoms with Crippen LogP contribution in [-0.4, -0.2) is 33.0 Å². The van der Waals surface area contributed by atoms with Crippen molar-refractivity contribution in [2.45, 2.75) is 32.4 Å². The van der Waals surface area contributed by atoms with Crippen LogP contribution in [0.25, 0.3) is 4.96 Å². The highest BCUT2D eigenvalue weighted by Gasteiger charge is 2.31. The molecule has 3 heterocycles. The number of imidazole rings is 1. The van der Waals surface area contributed by atoms with E-state index in [-0.39, 0.29) is 18.4 Å². The van der Waals surface area contributed by atoms with E-state index in [0.29, 0.717) is 12.6 Å². The predicted octanol–water partition coefficient (Wildman–Crippen LogP) is 0.978. The van der Waals surface area contributed by atoms with Crippen LogP contribution in [0.2, 0.25) is 0 Å². The Balaban J connectivity index is 1.99. The zero-order valence-corrected chi connectivity index (χ0v) is 12.1. The maximum absolute atomic E-state index is 11.4. The van der Waals surface area contributed by atoms with E-state index >= 15 is 0 Å². The first-order valence-corrected chi connectivity index (χ1v) is 7.61. The molecule has 1 saturated heterocycles. The molecule has 2 atom stereocenters. The molecular weight excluding hydrogens is 276 g/mol. The molecule has 6 nitrogen and oxygen atoms in total. The Bertz CT molecular complexity index is 635. The normalized spacial score (nSPS) is 23.4. The molecule has 3 N–H and O–H groups in total. The number of rotatable bonds is 3. The Hall–Kier alpha value is -1.60. The van der Waals surface area contributed by atoms with Gasteiger partial charge in [-0.1, -0.05) is 0 Å². The van der Waals surface area contributed by atoms with E-state index in [1.54, 1.807) is 0 Å². The zero-order chi connectivity index (χ0) is 14.3. The fraction of sp³-hybridized carbons (Fsp3) is 0.538. The van der Waals surface area contributed by atoms with Gasteiger partial charge in [0.1, 0.15) is 0 Å². The van der Waals surface area contributed by atoms with Gasteiger partial charge < -0.3 is 15.7 Å². The summed E-state index contributed by atoms with van der Waals surface area (Å²) in [7, 11) is 0. The van der Waals surface area contributed by atoms with Crippen LogP contribution in [0.4, 0.5) is 5.82 Å². The molecule has 0 aromatic carbocycles. The van der Waals surface area contributed by atoms with Crippen LogP contribution in [0, 0.1) is 5.92 Å². The van der Waals surface area contributed by atoms with E-state index in [1.165, 1.54) is 11.3 Å². The van der Waals surface area contributed by atoms with Crippen molar-refractivity contribution in [3.05, 3.63) is 17.3 Å². The predicted molar refractivity (Wildman–Crippen MR) is 77.7 cm³/mol. The number of aromatic nitrogens is 2. The Morgan fingerprint density at radius 2 is 2.40 bits per heavy atom. The van der Waals surface area contributed by atoms with E-state index in [2.05, 4.69) is 16.8 Å². The summed E-state index contributed by atoms with van der Waals surface area (Å²) in [5.41, 5.74) is 6.22. The minimum atomic E-state index is -0.256. The second kappa shape index (κ2) is 5.06. The van der Waals surface area contributed by atoms with Crippen LogP contribution in [0.15, 0.2) is 11.6 Å². The molecule has 0 saturated carbocycles. The van der Waals surface area contributed by atoms with Crippen molar-refractivity contribution in [2.75, 3.05) is 11.4 Å². The van der Waals surface area contributed by atoms with Crippen LogP contribution in [-0.2, 0) is 11.4 Å². The molecule has 1 aliphatic heterocycles. The first-order valence-electron chi connectivity index (χ1n) is 6.73. The van der Waals surface area contributed by atoms with Gasteiger partial charge in [-0.3, -0.25) is 9.20 Å². The summed E-state index contributed by atoms with van der Waals surface area (Å²) in [6.07, 6.45) is 3.63. The quantitative estimate of drug-likeness (QED) is 0.884. The Labute approximate surface area is 120 Å². The van der Waals surface area contributed by atoms with E-state index in [4.69, 9.17) is 5.73 Å². The number of hydrogen-bond donors (Lipinski definition) is 2. The fourth-order valence-electron chi connectivity index (χ4n) is 2.83. The molecular formula is C13H18N4O2S. The summed E-state index contributed by atoms with van der Waals surface area (Å²) >= 11 is 1.53. The zero-order valence-electron chi connectivity index (χ0n) is 11.3. The molecule has 1 aliphatic rings. The number of primary amides is 1. The lowest BCUT2D eigenvalue weighted by Gasteiger charge is -2.37. The van der Waals surface area contributed by atoms with Crippen molar-refractivity contribution in [3.8, 4) is 0 Å².